The number of hydrogen-bond donors (Lipinski definition) is 0. The minimum Gasteiger partial charge on any atom is -0.293 e. The zero-order chi connectivity index (χ0) is 13.1. The van der Waals surface area contributed by atoms with Crippen LogP contribution in [0.25, 0.3) is 0 Å². The van der Waals surface area contributed by atoms with Gasteiger partial charge < -0.3 is 0 Å². The maximum Gasteiger partial charge on any atom is 0.170 e. The van der Waals surface area contributed by atoms with E-state index in [1.54, 1.807) is 23.5 Å². The summed E-state index contributed by atoms with van der Waals surface area (Å²) >= 11 is 3.50. The highest BCUT2D eigenvalue weighted by Gasteiger charge is 2.41. The highest BCUT2D eigenvalue weighted by atomic mass is 32.2. The van der Waals surface area contributed by atoms with Crippen molar-refractivity contribution in [3.05, 3.63) is 23.8 Å². The van der Waals surface area contributed by atoms with E-state index < -0.39 is 0 Å². The molecule has 0 saturated heterocycles. The fraction of sp³-hybridized carbons (Fsp3) is 0.643. The average Bonchev–Trinajstić information content (AvgIpc) is 2.21. The van der Waals surface area contributed by atoms with Crippen molar-refractivity contribution in [2.75, 3.05) is 24.0 Å². The molecule has 0 aliphatic heterocycles. The van der Waals surface area contributed by atoms with E-state index >= 15 is 0 Å². The molecular weight excluding hydrogens is 248 g/mol. The Balaban J connectivity index is 3.09. The van der Waals surface area contributed by atoms with Crippen molar-refractivity contribution in [1.82, 2.24) is 0 Å². The SMILES string of the molecule is CSCC1(CSC)C=CC=C(C(C)(C)C)C1=O. The predicted octanol–water partition coefficient (Wildman–Crippen LogP) is 3.81. The van der Waals surface area contributed by atoms with Gasteiger partial charge in [-0.15, -0.1) is 0 Å². The Morgan fingerprint density at radius 1 is 1.18 bits per heavy atom. The minimum atomic E-state index is -0.295. The molecule has 1 rings (SSSR count). The average molecular weight is 270 g/mol. The van der Waals surface area contributed by atoms with Crippen LogP contribution >= 0.6 is 23.5 Å². The van der Waals surface area contributed by atoms with Crippen molar-refractivity contribution >= 4 is 29.3 Å². The molecule has 0 aromatic carbocycles. The molecule has 3 heteroatoms. The molecule has 0 radical (unpaired) electrons. The summed E-state index contributed by atoms with van der Waals surface area (Å²) in [7, 11) is 0. The van der Waals surface area contributed by atoms with Crippen LogP contribution in [0.15, 0.2) is 23.8 Å². The largest absolute Gasteiger partial charge is 0.293 e. The number of rotatable bonds is 4. The molecule has 0 unspecified atom stereocenters. The molecule has 0 N–H and O–H groups in total. The third-order valence-electron chi connectivity index (χ3n) is 2.99. The van der Waals surface area contributed by atoms with Gasteiger partial charge in [-0.05, 0) is 17.9 Å². The normalized spacial score (nSPS) is 19.4. The van der Waals surface area contributed by atoms with Crippen LogP contribution in [0.1, 0.15) is 20.8 Å². The lowest BCUT2D eigenvalue weighted by Gasteiger charge is -2.35. The minimum absolute atomic E-state index is 0.0656. The van der Waals surface area contributed by atoms with Crippen molar-refractivity contribution < 1.29 is 4.79 Å². The van der Waals surface area contributed by atoms with Gasteiger partial charge in [-0.25, -0.2) is 0 Å². The Labute approximate surface area is 114 Å². The van der Waals surface area contributed by atoms with Crippen molar-refractivity contribution in [3.8, 4) is 0 Å². The van der Waals surface area contributed by atoms with Crippen LogP contribution in [-0.2, 0) is 4.79 Å². The van der Waals surface area contributed by atoms with E-state index in [4.69, 9.17) is 0 Å². The van der Waals surface area contributed by atoms with Crippen LogP contribution in [0.4, 0.5) is 0 Å². The number of hydrogen-bond acceptors (Lipinski definition) is 3. The molecule has 0 aromatic rings. The van der Waals surface area contributed by atoms with E-state index in [9.17, 15) is 4.79 Å². The summed E-state index contributed by atoms with van der Waals surface area (Å²) in [6.45, 7) is 6.33. The third kappa shape index (κ3) is 3.19. The van der Waals surface area contributed by atoms with Crippen LogP contribution in [0.3, 0.4) is 0 Å². The highest BCUT2D eigenvalue weighted by molar-refractivity contribution is 7.99. The monoisotopic (exact) mass is 270 g/mol. The second kappa shape index (κ2) is 5.66. The van der Waals surface area contributed by atoms with Gasteiger partial charge in [0.2, 0.25) is 0 Å². The molecule has 0 aromatic heterocycles. The fourth-order valence-electron chi connectivity index (χ4n) is 2.12. The van der Waals surface area contributed by atoms with Crippen LogP contribution in [-0.4, -0.2) is 29.8 Å². The van der Waals surface area contributed by atoms with Gasteiger partial charge in [0.05, 0.1) is 5.41 Å². The smallest absolute Gasteiger partial charge is 0.170 e. The molecule has 1 aliphatic rings. The summed E-state index contributed by atoms with van der Waals surface area (Å²) in [5, 5.41) is 0. The summed E-state index contributed by atoms with van der Waals surface area (Å²) in [6.07, 6.45) is 10.3. The molecule has 0 fully saturated rings. The zero-order valence-electron chi connectivity index (χ0n) is 11.4. The quantitative estimate of drug-likeness (QED) is 0.773. The van der Waals surface area contributed by atoms with Crippen LogP contribution < -0.4 is 0 Å². The number of thioether (sulfide) groups is 2. The lowest BCUT2D eigenvalue weighted by molar-refractivity contribution is -0.121. The summed E-state index contributed by atoms with van der Waals surface area (Å²) < 4.78 is 0. The first-order valence-electron chi connectivity index (χ1n) is 5.80. The molecule has 96 valence electrons. The lowest BCUT2D eigenvalue weighted by atomic mass is 9.72. The summed E-state index contributed by atoms with van der Waals surface area (Å²) in [4.78, 5) is 12.7. The molecule has 0 saturated carbocycles. The van der Waals surface area contributed by atoms with Gasteiger partial charge in [-0.2, -0.15) is 23.5 Å². The first kappa shape index (κ1) is 14.9. The molecule has 0 bridgehead atoms. The predicted molar refractivity (Wildman–Crippen MR) is 80.9 cm³/mol. The van der Waals surface area contributed by atoms with Crippen LogP contribution in [0, 0.1) is 10.8 Å². The summed E-state index contributed by atoms with van der Waals surface area (Å²) in [5.41, 5.74) is 0.600. The molecule has 0 atom stereocenters. The van der Waals surface area contributed by atoms with Gasteiger partial charge in [0.1, 0.15) is 0 Å². The van der Waals surface area contributed by atoms with Crippen molar-refractivity contribution in [3.63, 3.8) is 0 Å². The number of allylic oxidation sites excluding steroid dienone is 4. The molecule has 17 heavy (non-hydrogen) atoms. The Morgan fingerprint density at radius 3 is 2.12 bits per heavy atom. The van der Waals surface area contributed by atoms with Crippen LogP contribution in [0.5, 0.6) is 0 Å². The van der Waals surface area contributed by atoms with E-state index in [0.717, 1.165) is 17.1 Å². The standard InChI is InChI=1S/C14H22OS2/c1-13(2,3)11-7-6-8-14(9-16-4,10-17-5)12(11)15/h6-8H,9-10H2,1-5H3. The Morgan fingerprint density at radius 2 is 1.71 bits per heavy atom. The Hall–Kier alpha value is -0.150. The van der Waals surface area contributed by atoms with Crippen molar-refractivity contribution in [2.24, 2.45) is 10.8 Å². The summed E-state index contributed by atoms with van der Waals surface area (Å²) in [5.74, 6) is 2.06. The summed E-state index contributed by atoms with van der Waals surface area (Å²) in [6, 6.07) is 0. The highest BCUT2D eigenvalue weighted by Crippen LogP contribution is 2.39. The van der Waals surface area contributed by atoms with E-state index in [-0.39, 0.29) is 10.8 Å². The van der Waals surface area contributed by atoms with Gasteiger partial charge in [-0.3, -0.25) is 4.79 Å². The second-order valence-corrected chi connectivity index (χ2v) is 7.27. The van der Waals surface area contributed by atoms with Crippen molar-refractivity contribution in [1.29, 1.82) is 0 Å². The van der Waals surface area contributed by atoms with Gasteiger partial charge in [0, 0.05) is 17.1 Å². The maximum atomic E-state index is 12.7. The number of ketones is 1. The first-order valence-corrected chi connectivity index (χ1v) is 8.59. The third-order valence-corrected chi connectivity index (χ3v) is 4.59. The molecule has 0 spiro atoms. The number of carbonyl (C=O) groups excluding carboxylic acids is 1. The van der Waals surface area contributed by atoms with Gasteiger partial charge in [-0.1, -0.05) is 39.0 Å². The molecule has 1 nitrogen and oxygen atoms in total. The topological polar surface area (TPSA) is 17.1 Å². The first-order chi connectivity index (χ1) is 7.87. The molecular formula is C14H22OS2. The molecule has 0 heterocycles. The van der Waals surface area contributed by atoms with E-state index in [1.165, 1.54) is 0 Å². The van der Waals surface area contributed by atoms with Gasteiger partial charge in [0.25, 0.3) is 0 Å². The number of carbonyl (C=O) groups is 1. The van der Waals surface area contributed by atoms with Gasteiger partial charge >= 0.3 is 0 Å². The van der Waals surface area contributed by atoms with Gasteiger partial charge in [0.15, 0.2) is 5.78 Å². The van der Waals surface area contributed by atoms with E-state index in [0.29, 0.717) is 5.78 Å². The molecule has 1 aliphatic carbocycles. The van der Waals surface area contributed by atoms with Crippen LogP contribution in [0.2, 0.25) is 0 Å². The van der Waals surface area contributed by atoms with E-state index in [2.05, 4.69) is 45.4 Å². The van der Waals surface area contributed by atoms with E-state index in [1.807, 2.05) is 6.08 Å². The zero-order valence-corrected chi connectivity index (χ0v) is 13.0. The molecule has 0 amide bonds. The Kier molecular flexibility index (Phi) is 4.96. The lowest BCUT2D eigenvalue weighted by Crippen LogP contribution is -2.40. The van der Waals surface area contributed by atoms with Crippen molar-refractivity contribution in [2.45, 2.75) is 20.8 Å². The Bertz CT molecular complexity index is 342. The maximum absolute atomic E-state index is 12.7. The second-order valence-electron chi connectivity index (χ2n) is 5.54. The number of Topliss-reactive ketones (excluding diaryl/α,β-unsaturated/α-hetero) is 1. The fourth-order valence-corrected chi connectivity index (χ4v) is 3.94.